The third kappa shape index (κ3) is 4.17. The molecule has 0 radical (unpaired) electrons. The van der Waals surface area contributed by atoms with Crippen molar-refractivity contribution in [2.75, 3.05) is 5.32 Å². The highest BCUT2D eigenvalue weighted by atomic mass is 32.1. The topological polar surface area (TPSA) is 75.6 Å². The van der Waals surface area contributed by atoms with Crippen molar-refractivity contribution in [2.24, 2.45) is 7.05 Å². The number of carbonyl (C=O) groups excluding carboxylic acids is 1. The van der Waals surface area contributed by atoms with Crippen LogP contribution in [0, 0.1) is 4.77 Å². The third-order valence-corrected chi connectivity index (χ3v) is 6.06. The summed E-state index contributed by atoms with van der Waals surface area (Å²) >= 11 is 6.55. The number of anilines is 1. The molecule has 0 saturated heterocycles. The van der Waals surface area contributed by atoms with Crippen LogP contribution in [0.5, 0.6) is 0 Å². The van der Waals surface area contributed by atoms with Gasteiger partial charge in [0.25, 0.3) is 0 Å². The van der Waals surface area contributed by atoms with Gasteiger partial charge in [0.15, 0.2) is 9.90 Å². The van der Waals surface area contributed by atoms with Gasteiger partial charge in [0, 0.05) is 12.4 Å². The van der Waals surface area contributed by atoms with E-state index in [-0.39, 0.29) is 5.91 Å². The number of H-pyrrole nitrogens is 1. The summed E-state index contributed by atoms with van der Waals surface area (Å²) in [5.41, 5.74) is 4.76. The van der Waals surface area contributed by atoms with E-state index >= 15 is 0 Å². The molecule has 0 atom stereocenters. The summed E-state index contributed by atoms with van der Waals surface area (Å²) in [4.78, 5) is 16.9. The second-order valence-electron chi connectivity index (χ2n) is 6.86. The molecule has 140 valence electrons. The Morgan fingerprint density at radius 2 is 2.15 bits per heavy atom. The molecule has 1 aromatic carbocycles. The monoisotopic (exact) mass is 399 g/mol. The zero-order valence-corrected chi connectivity index (χ0v) is 16.8. The van der Waals surface area contributed by atoms with Gasteiger partial charge in [-0.3, -0.25) is 9.89 Å². The minimum Gasteiger partial charge on any atom is -0.307 e. The van der Waals surface area contributed by atoms with E-state index in [2.05, 4.69) is 38.7 Å². The molecule has 6 nitrogen and oxygen atoms in total. The van der Waals surface area contributed by atoms with Crippen molar-refractivity contribution in [3.63, 3.8) is 0 Å². The van der Waals surface area contributed by atoms with Gasteiger partial charge in [0.2, 0.25) is 5.91 Å². The van der Waals surface area contributed by atoms with Gasteiger partial charge < -0.3 is 9.88 Å². The molecule has 0 unspecified atom stereocenters. The Balaban J connectivity index is 1.38. The first kappa shape index (κ1) is 18.1. The number of hydrogen-bond donors (Lipinski definition) is 2. The number of aromatic amines is 1. The van der Waals surface area contributed by atoms with Crippen LogP contribution in [0.25, 0.3) is 0 Å². The number of thiazole rings is 1. The lowest BCUT2D eigenvalue weighted by molar-refractivity contribution is -0.115. The standard InChI is InChI=1S/C19H21N5OS2/c1-24-16(22-23-19(24)26)10-15-11-27-18(20-15)21-17(25)9-12-6-7-13-4-2-3-5-14(13)8-12/h6-8,11H,2-5,9-10H2,1H3,(H,23,26)(H,20,21,25). The molecule has 2 N–H and O–H groups in total. The second-order valence-corrected chi connectivity index (χ2v) is 8.10. The molecule has 0 bridgehead atoms. The van der Waals surface area contributed by atoms with Crippen LogP contribution in [-0.2, 0) is 37.5 Å². The fraction of sp³-hybridized carbons (Fsp3) is 0.368. The van der Waals surface area contributed by atoms with Crippen molar-refractivity contribution in [3.8, 4) is 0 Å². The van der Waals surface area contributed by atoms with Crippen LogP contribution in [0.3, 0.4) is 0 Å². The molecule has 1 amide bonds. The number of nitrogens with zero attached hydrogens (tertiary/aromatic N) is 3. The smallest absolute Gasteiger partial charge is 0.230 e. The predicted octanol–water partition coefficient (Wildman–Crippen LogP) is 3.58. The molecule has 1 aliphatic carbocycles. The van der Waals surface area contributed by atoms with Crippen molar-refractivity contribution in [3.05, 3.63) is 56.6 Å². The van der Waals surface area contributed by atoms with Gasteiger partial charge in [-0.25, -0.2) is 4.98 Å². The molecule has 3 aromatic rings. The van der Waals surface area contributed by atoms with Crippen molar-refractivity contribution >= 4 is 34.6 Å². The maximum Gasteiger partial charge on any atom is 0.230 e. The van der Waals surface area contributed by atoms with Crippen molar-refractivity contribution in [1.29, 1.82) is 0 Å². The number of hydrogen-bond acceptors (Lipinski definition) is 5. The third-order valence-electron chi connectivity index (χ3n) is 4.89. The fourth-order valence-corrected chi connectivity index (χ4v) is 4.27. The first-order chi connectivity index (χ1) is 13.1. The lowest BCUT2D eigenvalue weighted by atomic mass is 9.90. The minimum atomic E-state index is -0.0372. The summed E-state index contributed by atoms with van der Waals surface area (Å²) in [6.45, 7) is 0. The van der Waals surface area contributed by atoms with E-state index in [9.17, 15) is 4.79 Å². The number of aromatic nitrogens is 4. The summed E-state index contributed by atoms with van der Waals surface area (Å²) < 4.78 is 2.40. The quantitative estimate of drug-likeness (QED) is 0.643. The SMILES string of the molecule is Cn1c(Cc2csc(NC(=O)Cc3ccc4c(c3)CCCC4)n2)n[nH]c1=S. The van der Waals surface area contributed by atoms with E-state index in [1.165, 1.54) is 35.3 Å². The molecule has 0 fully saturated rings. The molecule has 0 saturated carbocycles. The van der Waals surface area contributed by atoms with E-state index < -0.39 is 0 Å². The lowest BCUT2D eigenvalue weighted by Crippen LogP contribution is -2.15. The van der Waals surface area contributed by atoms with Gasteiger partial charge >= 0.3 is 0 Å². The molecular formula is C19H21N5OS2. The predicted molar refractivity (Wildman–Crippen MR) is 109 cm³/mol. The van der Waals surface area contributed by atoms with Crippen LogP contribution >= 0.6 is 23.6 Å². The Hall–Kier alpha value is -2.32. The van der Waals surface area contributed by atoms with Crippen LogP contribution in [0.2, 0.25) is 0 Å². The number of amides is 1. The van der Waals surface area contributed by atoms with Gasteiger partial charge in [-0.05, 0) is 54.6 Å². The number of benzene rings is 1. The van der Waals surface area contributed by atoms with E-state index in [4.69, 9.17) is 12.2 Å². The van der Waals surface area contributed by atoms with Crippen LogP contribution in [0.1, 0.15) is 41.1 Å². The molecule has 0 spiro atoms. The summed E-state index contributed by atoms with van der Waals surface area (Å²) in [6.07, 6.45) is 5.73. The average Bonchev–Trinajstić information content (AvgIpc) is 3.23. The lowest BCUT2D eigenvalue weighted by Gasteiger charge is -2.16. The fourth-order valence-electron chi connectivity index (χ4n) is 3.39. The highest BCUT2D eigenvalue weighted by Gasteiger charge is 2.13. The summed E-state index contributed by atoms with van der Waals surface area (Å²) in [7, 11) is 1.87. The molecule has 8 heteroatoms. The van der Waals surface area contributed by atoms with Gasteiger partial charge in [-0.2, -0.15) is 5.10 Å². The number of nitrogens with one attached hydrogen (secondary N) is 2. The second kappa shape index (κ2) is 7.74. The highest BCUT2D eigenvalue weighted by molar-refractivity contribution is 7.71. The molecule has 27 heavy (non-hydrogen) atoms. The van der Waals surface area contributed by atoms with E-state index in [1.807, 2.05) is 17.0 Å². The zero-order chi connectivity index (χ0) is 18.8. The van der Waals surface area contributed by atoms with Gasteiger partial charge in [-0.15, -0.1) is 11.3 Å². The summed E-state index contributed by atoms with van der Waals surface area (Å²) in [6, 6.07) is 6.43. The van der Waals surface area contributed by atoms with Gasteiger partial charge in [-0.1, -0.05) is 18.2 Å². The Labute approximate surface area is 166 Å². The minimum absolute atomic E-state index is 0.0372. The Bertz CT molecular complexity index is 1030. The Morgan fingerprint density at radius 3 is 2.93 bits per heavy atom. The van der Waals surface area contributed by atoms with Crippen molar-refractivity contribution in [1.82, 2.24) is 19.7 Å². The highest BCUT2D eigenvalue weighted by Crippen LogP contribution is 2.23. The number of fused-ring (bicyclic) bond motifs is 1. The zero-order valence-electron chi connectivity index (χ0n) is 15.1. The van der Waals surface area contributed by atoms with Crippen molar-refractivity contribution < 1.29 is 4.79 Å². The van der Waals surface area contributed by atoms with Crippen LogP contribution in [0.4, 0.5) is 5.13 Å². The van der Waals surface area contributed by atoms with Crippen LogP contribution in [0.15, 0.2) is 23.6 Å². The van der Waals surface area contributed by atoms with E-state index in [0.29, 0.717) is 22.7 Å². The first-order valence-corrected chi connectivity index (χ1v) is 10.3. The maximum absolute atomic E-state index is 12.4. The average molecular weight is 400 g/mol. The first-order valence-electron chi connectivity index (χ1n) is 9.03. The molecule has 1 aliphatic rings. The van der Waals surface area contributed by atoms with Crippen molar-refractivity contribution in [2.45, 2.75) is 38.5 Å². The van der Waals surface area contributed by atoms with Crippen LogP contribution in [-0.4, -0.2) is 25.7 Å². The van der Waals surface area contributed by atoms with Gasteiger partial charge in [0.1, 0.15) is 5.82 Å². The molecule has 2 aromatic heterocycles. The summed E-state index contributed by atoms with van der Waals surface area (Å²) in [5, 5.41) is 12.4. The summed E-state index contributed by atoms with van der Waals surface area (Å²) in [5.74, 6) is 0.780. The largest absolute Gasteiger partial charge is 0.307 e. The van der Waals surface area contributed by atoms with E-state index in [0.717, 1.165) is 29.9 Å². The Morgan fingerprint density at radius 1 is 1.33 bits per heavy atom. The number of aryl methyl sites for hydroxylation is 2. The van der Waals surface area contributed by atoms with Crippen LogP contribution < -0.4 is 5.32 Å². The number of carbonyl (C=O) groups is 1. The normalized spacial score (nSPS) is 13.4. The maximum atomic E-state index is 12.4. The molecule has 4 rings (SSSR count). The number of rotatable bonds is 5. The molecule has 2 heterocycles. The molecular weight excluding hydrogens is 378 g/mol. The van der Waals surface area contributed by atoms with E-state index in [1.54, 1.807) is 0 Å². The van der Waals surface area contributed by atoms with Gasteiger partial charge in [0.05, 0.1) is 18.5 Å². The molecule has 0 aliphatic heterocycles. The Kier molecular flexibility index (Phi) is 5.18.